The molecule has 0 amide bonds. The zero-order valence-corrected chi connectivity index (χ0v) is 13.1. The Hall–Kier alpha value is -2.06. The van der Waals surface area contributed by atoms with Crippen LogP contribution < -0.4 is 0 Å². The van der Waals surface area contributed by atoms with Crippen molar-refractivity contribution in [1.29, 1.82) is 0 Å². The van der Waals surface area contributed by atoms with Crippen LogP contribution in [-0.2, 0) is 9.53 Å². The highest BCUT2D eigenvalue weighted by Crippen LogP contribution is 2.38. The second kappa shape index (κ2) is 6.37. The fraction of sp³-hybridized carbons (Fsp3) is 0.211. The van der Waals surface area contributed by atoms with Crippen molar-refractivity contribution >= 4 is 23.3 Å². The summed E-state index contributed by atoms with van der Waals surface area (Å²) in [5.74, 6) is 0.325. The minimum absolute atomic E-state index is 0.0127. The average molecular weight is 313 g/mol. The molecule has 1 aliphatic heterocycles. The summed E-state index contributed by atoms with van der Waals surface area (Å²) >= 11 is 5.97. The number of hydrogen-bond acceptors (Lipinski definition) is 2. The second-order valence-electron chi connectivity index (χ2n) is 5.41. The van der Waals surface area contributed by atoms with E-state index in [1.165, 1.54) is 0 Å². The van der Waals surface area contributed by atoms with Crippen LogP contribution in [0.1, 0.15) is 30.4 Å². The van der Waals surface area contributed by atoms with Gasteiger partial charge in [-0.2, -0.15) is 0 Å². The smallest absolute Gasteiger partial charge is 0.315 e. The summed E-state index contributed by atoms with van der Waals surface area (Å²) in [5, 5.41) is 0.697. The van der Waals surface area contributed by atoms with E-state index in [2.05, 4.69) is 0 Å². The molecule has 0 spiro atoms. The van der Waals surface area contributed by atoms with Gasteiger partial charge < -0.3 is 4.74 Å². The van der Waals surface area contributed by atoms with Crippen LogP contribution in [0.5, 0.6) is 0 Å². The van der Waals surface area contributed by atoms with Gasteiger partial charge >= 0.3 is 5.97 Å². The quantitative estimate of drug-likeness (QED) is 0.741. The first-order valence-electron chi connectivity index (χ1n) is 7.43. The van der Waals surface area contributed by atoms with Gasteiger partial charge in [0.15, 0.2) is 0 Å². The summed E-state index contributed by atoms with van der Waals surface area (Å²) in [6.07, 6.45) is 2.79. The van der Waals surface area contributed by atoms with Gasteiger partial charge in [0.1, 0.15) is 5.76 Å². The van der Waals surface area contributed by atoms with Gasteiger partial charge in [-0.3, -0.25) is 4.79 Å². The van der Waals surface area contributed by atoms with Gasteiger partial charge in [-0.25, -0.2) is 0 Å². The monoisotopic (exact) mass is 312 g/mol. The molecule has 0 radical (unpaired) electrons. The minimum Gasteiger partial charge on any atom is -0.426 e. The number of esters is 1. The lowest BCUT2D eigenvalue weighted by molar-refractivity contribution is -0.142. The Labute approximate surface area is 135 Å². The molecule has 0 unspecified atom stereocenters. The van der Waals surface area contributed by atoms with E-state index in [0.29, 0.717) is 10.8 Å². The van der Waals surface area contributed by atoms with Gasteiger partial charge in [0, 0.05) is 16.5 Å². The Morgan fingerprint density at radius 3 is 2.36 bits per heavy atom. The van der Waals surface area contributed by atoms with Gasteiger partial charge in [-0.15, -0.1) is 0 Å². The first kappa shape index (κ1) is 14.9. The third kappa shape index (κ3) is 2.93. The standard InChI is InChI=1S/C19H17ClO2/c1-2-16-17(13-8-10-15(20)11-9-13)12-18(22-19(16)21)14-6-4-3-5-7-14/h3-12,16-17H,2H2,1H3/t16-,17-/m0/s1. The van der Waals surface area contributed by atoms with Crippen LogP contribution in [0.3, 0.4) is 0 Å². The zero-order chi connectivity index (χ0) is 15.5. The largest absolute Gasteiger partial charge is 0.426 e. The van der Waals surface area contributed by atoms with Crippen LogP contribution in [0.2, 0.25) is 5.02 Å². The molecule has 1 aliphatic rings. The van der Waals surface area contributed by atoms with Crippen molar-refractivity contribution in [3.63, 3.8) is 0 Å². The number of ether oxygens (including phenoxy) is 1. The van der Waals surface area contributed by atoms with Gasteiger partial charge in [0.2, 0.25) is 0 Å². The molecule has 2 aromatic rings. The van der Waals surface area contributed by atoms with Crippen molar-refractivity contribution in [1.82, 2.24) is 0 Å². The summed E-state index contributed by atoms with van der Waals surface area (Å²) in [5.41, 5.74) is 2.01. The molecule has 0 saturated heterocycles. The van der Waals surface area contributed by atoms with Crippen LogP contribution >= 0.6 is 11.6 Å². The van der Waals surface area contributed by atoms with Crippen molar-refractivity contribution in [3.8, 4) is 0 Å². The maximum Gasteiger partial charge on any atom is 0.315 e. The highest BCUT2D eigenvalue weighted by molar-refractivity contribution is 6.30. The molecule has 2 aromatic carbocycles. The van der Waals surface area contributed by atoms with E-state index in [1.807, 2.05) is 67.6 Å². The van der Waals surface area contributed by atoms with Gasteiger partial charge in [0.25, 0.3) is 0 Å². The van der Waals surface area contributed by atoms with E-state index >= 15 is 0 Å². The fourth-order valence-electron chi connectivity index (χ4n) is 2.84. The minimum atomic E-state index is -0.163. The van der Waals surface area contributed by atoms with Crippen molar-refractivity contribution in [2.45, 2.75) is 19.3 Å². The van der Waals surface area contributed by atoms with E-state index in [0.717, 1.165) is 17.5 Å². The van der Waals surface area contributed by atoms with Gasteiger partial charge in [-0.1, -0.05) is 61.0 Å². The number of rotatable bonds is 3. The number of hydrogen-bond donors (Lipinski definition) is 0. The lowest BCUT2D eigenvalue weighted by atomic mass is 9.82. The topological polar surface area (TPSA) is 26.3 Å². The lowest BCUT2D eigenvalue weighted by Gasteiger charge is -2.28. The Bertz CT molecular complexity index is 689. The van der Waals surface area contributed by atoms with E-state index in [9.17, 15) is 4.79 Å². The van der Waals surface area contributed by atoms with Gasteiger partial charge in [-0.05, 0) is 30.2 Å². The second-order valence-corrected chi connectivity index (χ2v) is 5.85. The highest BCUT2D eigenvalue weighted by atomic mass is 35.5. The van der Waals surface area contributed by atoms with Crippen molar-refractivity contribution in [3.05, 3.63) is 76.8 Å². The van der Waals surface area contributed by atoms with Crippen LogP contribution in [0.4, 0.5) is 0 Å². The molecule has 3 heteroatoms. The van der Waals surface area contributed by atoms with E-state index in [-0.39, 0.29) is 17.8 Å². The first-order valence-corrected chi connectivity index (χ1v) is 7.81. The molecule has 0 saturated carbocycles. The number of benzene rings is 2. The predicted molar refractivity (Wildman–Crippen MR) is 88.5 cm³/mol. The highest BCUT2D eigenvalue weighted by Gasteiger charge is 2.33. The number of halogens is 1. The fourth-order valence-corrected chi connectivity index (χ4v) is 2.96. The van der Waals surface area contributed by atoms with E-state index < -0.39 is 0 Å². The number of carbonyl (C=O) groups excluding carboxylic acids is 1. The van der Waals surface area contributed by atoms with Crippen LogP contribution in [0, 0.1) is 5.92 Å². The molecule has 0 aliphatic carbocycles. The maximum absolute atomic E-state index is 12.4. The third-order valence-electron chi connectivity index (χ3n) is 4.03. The zero-order valence-electron chi connectivity index (χ0n) is 12.3. The number of cyclic esters (lactones) is 1. The van der Waals surface area contributed by atoms with Crippen molar-refractivity contribution in [2.75, 3.05) is 0 Å². The molecule has 2 nitrogen and oxygen atoms in total. The molecule has 1 heterocycles. The number of allylic oxidation sites excluding steroid dienone is 1. The van der Waals surface area contributed by atoms with Crippen LogP contribution in [0.25, 0.3) is 5.76 Å². The Kier molecular flexibility index (Phi) is 4.30. The summed E-state index contributed by atoms with van der Waals surface area (Å²) in [6.45, 7) is 2.01. The Balaban J connectivity index is 2.03. The number of carbonyl (C=O) groups is 1. The molecule has 0 aromatic heterocycles. The van der Waals surface area contributed by atoms with Crippen molar-refractivity contribution < 1.29 is 9.53 Å². The van der Waals surface area contributed by atoms with Crippen molar-refractivity contribution in [2.24, 2.45) is 5.92 Å². The molecule has 2 atom stereocenters. The molecular formula is C19H17ClO2. The first-order chi connectivity index (χ1) is 10.7. The lowest BCUT2D eigenvalue weighted by Crippen LogP contribution is -2.27. The molecule has 0 fully saturated rings. The molecule has 0 bridgehead atoms. The van der Waals surface area contributed by atoms with Crippen LogP contribution in [-0.4, -0.2) is 5.97 Å². The summed E-state index contributed by atoms with van der Waals surface area (Å²) in [7, 11) is 0. The van der Waals surface area contributed by atoms with Gasteiger partial charge in [0.05, 0.1) is 5.92 Å². The Morgan fingerprint density at radius 2 is 1.73 bits per heavy atom. The third-order valence-corrected chi connectivity index (χ3v) is 4.28. The average Bonchev–Trinajstić information content (AvgIpc) is 2.55. The predicted octanol–water partition coefficient (Wildman–Crippen LogP) is 5.05. The normalized spacial score (nSPS) is 21.2. The molecular weight excluding hydrogens is 296 g/mol. The van der Waals surface area contributed by atoms with Crippen LogP contribution in [0.15, 0.2) is 60.7 Å². The SMILES string of the molecule is CC[C@@H]1C(=O)OC(c2ccccc2)=C[C@H]1c1ccc(Cl)cc1. The molecule has 3 rings (SSSR count). The van der Waals surface area contributed by atoms with E-state index in [4.69, 9.17) is 16.3 Å². The Morgan fingerprint density at radius 1 is 1.05 bits per heavy atom. The van der Waals surface area contributed by atoms with E-state index in [1.54, 1.807) is 0 Å². The molecule has 112 valence electrons. The summed E-state index contributed by atoms with van der Waals surface area (Å²) in [6, 6.07) is 17.4. The maximum atomic E-state index is 12.4. The summed E-state index contributed by atoms with van der Waals surface area (Å²) < 4.78 is 5.55. The molecule has 0 N–H and O–H groups in total. The summed E-state index contributed by atoms with van der Waals surface area (Å²) in [4.78, 5) is 12.4. The molecule has 22 heavy (non-hydrogen) atoms.